The van der Waals surface area contributed by atoms with E-state index in [1.165, 1.54) is 4.26 Å². The van der Waals surface area contributed by atoms with Crippen LogP contribution < -0.4 is 0 Å². The first kappa shape index (κ1) is 6.89. The van der Waals surface area contributed by atoms with Crippen molar-refractivity contribution in [3.05, 3.63) is 22.8 Å². The van der Waals surface area contributed by atoms with Gasteiger partial charge in [-0.25, -0.2) is 0 Å². The first-order valence-electron chi connectivity index (χ1n) is 3.34. The molecule has 0 aliphatic heterocycles. The van der Waals surface area contributed by atoms with Crippen molar-refractivity contribution in [2.45, 2.75) is 6.92 Å². The molecule has 0 fully saturated rings. The van der Waals surface area contributed by atoms with Gasteiger partial charge in [-0.3, -0.25) is 0 Å². The van der Waals surface area contributed by atoms with Crippen LogP contribution in [0.2, 0.25) is 0 Å². The van der Waals surface area contributed by atoms with Gasteiger partial charge >= 0.3 is 69.5 Å². The summed E-state index contributed by atoms with van der Waals surface area (Å²) in [7, 11) is 0. The number of hydrogen-bond donors (Lipinski definition) is 1. The van der Waals surface area contributed by atoms with E-state index in [9.17, 15) is 4.79 Å². The van der Waals surface area contributed by atoms with E-state index < -0.39 is 0 Å². The fourth-order valence-electron chi connectivity index (χ4n) is 1.04. The predicted octanol–water partition coefficient (Wildman–Crippen LogP) is 1.43. The zero-order valence-electron chi connectivity index (χ0n) is 6.05. The quantitative estimate of drug-likeness (QED) is 0.562. The van der Waals surface area contributed by atoms with Gasteiger partial charge in [0.2, 0.25) is 0 Å². The van der Waals surface area contributed by atoms with Gasteiger partial charge in [0.05, 0.1) is 0 Å². The van der Waals surface area contributed by atoms with Crippen molar-refractivity contribution in [3.8, 4) is 0 Å². The molecule has 0 aliphatic carbocycles. The topological polar surface area (TPSA) is 32.9 Å². The van der Waals surface area contributed by atoms with Gasteiger partial charge in [-0.15, -0.1) is 0 Å². The van der Waals surface area contributed by atoms with Gasteiger partial charge in [-0.2, -0.15) is 0 Å². The normalized spacial score (nSPS) is 10.6. The summed E-state index contributed by atoms with van der Waals surface area (Å²) in [4.78, 5) is 16.1. The van der Waals surface area contributed by atoms with Gasteiger partial charge in [0.25, 0.3) is 0 Å². The van der Waals surface area contributed by atoms with E-state index in [0.717, 1.165) is 11.2 Å². The summed E-state index contributed by atoms with van der Waals surface area (Å²) in [5, 5.41) is 0. The Morgan fingerprint density at radius 1 is 1.64 bits per heavy atom. The van der Waals surface area contributed by atoms with Crippen LogP contribution in [0, 0.1) is 0 Å². The second-order valence-corrected chi connectivity index (χ2v) is 4.43. The Morgan fingerprint density at radius 3 is 3.09 bits per heavy atom. The van der Waals surface area contributed by atoms with E-state index in [1.807, 2.05) is 12.1 Å². The summed E-state index contributed by atoms with van der Waals surface area (Å²) < 4.78 is 1.29. The molecule has 2 rings (SSSR count). The van der Waals surface area contributed by atoms with Crippen LogP contribution in [0.15, 0.2) is 17.1 Å². The summed E-state index contributed by atoms with van der Waals surface area (Å²) in [5.41, 5.74) is 1.86. The molecule has 3 heteroatoms. The second-order valence-electron chi connectivity index (χ2n) is 2.44. The maximum absolute atomic E-state index is 10.9. The van der Waals surface area contributed by atoms with E-state index in [0.29, 0.717) is 14.5 Å². The number of aromatic nitrogens is 1. The first-order valence-corrected chi connectivity index (χ1v) is 5.19. The van der Waals surface area contributed by atoms with Crippen molar-refractivity contribution in [2.24, 2.45) is 0 Å². The van der Waals surface area contributed by atoms with Crippen LogP contribution in [-0.4, -0.2) is 25.3 Å². The molecule has 0 radical (unpaired) electrons. The first-order chi connectivity index (χ1) is 5.27. The van der Waals surface area contributed by atoms with E-state index in [-0.39, 0.29) is 5.78 Å². The number of ketones is 1. The molecule has 0 saturated heterocycles. The van der Waals surface area contributed by atoms with E-state index in [4.69, 9.17) is 0 Å². The van der Waals surface area contributed by atoms with Gasteiger partial charge in [0.15, 0.2) is 0 Å². The third-order valence-corrected chi connectivity index (χ3v) is 3.43. The Kier molecular flexibility index (Phi) is 1.48. The SMILES string of the molecule is CC(=O)c1cc2[se]ccc2[nH]1. The van der Waals surface area contributed by atoms with Crippen molar-refractivity contribution in [1.82, 2.24) is 4.98 Å². The molecule has 11 heavy (non-hydrogen) atoms. The summed E-state index contributed by atoms with van der Waals surface area (Å²) >= 11 is 0.444. The van der Waals surface area contributed by atoms with E-state index in [2.05, 4.69) is 9.92 Å². The molecule has 0 spiro atoms. The number of aromatic amines is 1. The predicted molar refractivity (Wildman–Crippen MR) is 45.2 cm³/mol. The monoisotopic (exact) mass is 213 g/mol. The van der Waals surface area contributed by atoms with Crippen LogP contribution in [0.25, 0.3) is 9.78 Å². The number of fused-ring (bicyclic) bond motifs is 1. The summed E-state index contributed by atoms with van der Waals surface area (Å²) in [6.45, 7) is 1.58. The van der Waals surface area contributed by atoms with Crippen LogP contribution in [0.3, 0.4) is 0 Å². The fourth-order valence-corrected chi connectivity index (χ4v) is 2.68. The number of Topliss-reactive ketones (excluding diaryl/α,β-unsaturated/α-hetero) is 1. The molecule has 56 valence electrons. The number of rotatable bonds is 1. The zero-order valence-corrected chi connectivity index (χ0v) is 7.76. The molecule has 2 aromatic rings. The molecular weight excluding hydrogens is 205 g/mol. The molecule has 1 N–H and O–H groups in total. The number of carbonyl (C=O) groups is 1. The fraction of sp³-hybridized carbons (Fsp3) is 0.125. The summed E-state index contributed by atoms with van der Waals surface area (Å²) in [6, 6.07) is 4.00. The molecule has 0 amide bonds. The third-order valence-electron chi connectivity index (χ3n) is 1.62. The number of hydrogen-bond acceptors (Lipinski definition) is 1. The van der Waals surface area contributed by atoms with Crippen LogP contribution in [0.4, 0.5) is 0 Å². The minimum atomic E-state index is 0.114. The maximum atomic E-state index is 10.9. The number of carbonyl (C=O) groups excluding carboxylic acids is 1. The van der Waals surface area contributed by atoms with Crippen LogP contribution >= 0.6 is 0 Å². The van der Waals surface area contributed by atoms with Gasteiger partial charge < -0.3 is 0 Å². The van der Waals surface area contributed by atoms with Crippen LogP contribution in [0.1, 0.15) is 17.4 Å². The van der Waals surface area contributed by atoms with Gasteiger partial charge in [-0.1, -0.05) is 0 Å². The van der Waals surface area contributed by atoms with Crippen molar-refractivity contribution < 1.29 is 4.79 Å². The molecule has 0 saturated carbocycles. The molecule has 0 bridgehead atoms. The molecule has 0 aromatic carbocycles. The van der Waals surface area contributed by atoms with Crippen LogP contribution in [0.5, 0.6) is 0 Å². The Hall–Kier alpha value is -0.791. The van der Waals surface area contributed by atoms with E-state index >= 15 is 0 Å². The van der Waals surface area contributed by atoms with Crippen molar-refractivity contribution in [1.29, 1.82) is 0 Å². The Balaban J connectivity index is 2.67. The van der Waals surface area contributed by atoms with Crippen LogP contribution in [-0.2, 0) is 0 Å². The Bertz CT molecular complexity index is 370. The van der Waals surface area contributed by atoms with Crippen molar-refractivity contribution >= 4 is 30.1 Å². The van der Waals surface area contributed by atoms with Gasteiger partial charge in [-0.05, 0) is 0 Å². The Morgan fingerprint density at radius 2 is 2.45 bits per heavy atom. The molecule has 0 unspecified atom stereocenters. The minimum absolute atomic E-state index is 0.114. The van der Waals surface area contributed by atoms with E-state index in [1.54, 1.807) is 6.92 Å². The molecule has 0 aliphatic rings. The standard InChI is InChI=1S/C8H7NOSe/c1-5(10)7-4-8-6(9-7)2-3-11-8/h2-4,9H,1H3. The van der Waals surface area contributed by atoms with Gasteiger partial charge in [0.1, 0.15) is 0 Å². The average Bonchev–Trinajstić information content (AvgIpc) is 2.40. The zero-order chi connectivity index (χ0) is 7.84. The molecule has 2 aromatic heterocycles. The van der Waals surface area contributed by atoms with Crippen molar-refractivity contribution in [3.63, 3.8) is 0 Å². The molecular formula is C8H7NOSe. The second kappa shape index (κ2) is 2.36. The molecule has 2 heterocycles. The third kappa shape index (κ3) is 1.06. The molecule has 2 nitrogen and oxygen atoms in total. The average molecular weight is 212 g/mol. The molecule has 0 atom stereocenters. The number of nitrogens with one attached hydrogen (secondary N) is 1. The summed E-state index contributed by atoms with van der Waals surface area (Å²) in [6.07, 6.45) is 0. The van der Waals surface area contributed by atoms with Gasteiger partial charge in [0, 0.05) is 0 Å². The number of H-pyrrole nitrogens is 1. The summed E-state index contributed by atoms with van der Waals surface area (Å²) in [5.74, 6) is 0.114. The van der Waals surface area contributed by atoms with Crippen molar-refractivity contribution in [2.75, 3.05) is 0 Å². The Labute approximate surface area is 70.0 Å².